The van der Waals surface area contributed by atoms with Crippen molar-refractivity contribution in [3.63, 3.8) is 0 Å². The highest BCUT2D eigenvalue weighted by Crippen LogP contribution is 2.48. The van der Waals surface area contributed by atoms with Gasteiger partial charge in [-0.15, -0.1) is 0 Å². The van der Waals surface area contributed by atoms with E-state index >= 15 is 0 Å². The van der Waals surface area contributed by atoms with Crippen molar-refractivity contribution in [2.75, 3.05) is 0 Å². The van der Waals surface area contributed by atoms with Crippen LogP contribution in [0.5, 0.6) is 0 Å². The fourth-order valence-electron chi connectivity index (χ4n) is 3.12. The molecule has 2 nitrogen and oxygen atoms in total. The summed E-state index contributed by atoms with van der Waals surface area (Å²) in [5.74, 6) is 0.459. The maximum atomic E-state index is 11.9. The first-order chi connectivity index (χ1) is 7.85. The molecule has 0 amide bonds. The Kier molecular flexibility index (Phi) is 3.03. The average Bonchev–Trinajstić information content (AvgIpc) is 2.25. The molecule has 2 rings (SSSR count). The number of allylic oxidation sites excluding steroid dienone is 3. The van der Waals surface area contributed by atoms with Crippen molar-refractivity contribution in [1.82, 2.24) is 0 Å². The summed E-state index contributed by atoms with van der Waals surface area (Å²) in [4.78, 5) is 11.9. The second-order valence-corrected chi connectivity index (χ2v) is 6.06. The largest absolute Gasteiger partial charge is 0.385 e. The number of carbonyl (C=O) groups is 1. The molecule has 1 N–H and O–H groups in total. The summed E-state index contributed by atoms with van der Waals surface area (Å²) in [6.45, 7) is 8.43. The molecule has 0 radical (unpaired) electrons. The zero-order valence-electron chi connectivity index (χ0n) is 11.2. The van der Waals surface area contributed by atoms with Crippen molar-refractivity contribution in [3.8, 4) is 0 Å². The molecule has 2 aliphatic carbocycles. The Balaban J connectivity index is 2.50. The molecule has 0 aromatic rings. The van der Waals surface area contributed by atoms with Crippen LogP contribution in [0.4, 0.5) is 0 Å². The lowest BCUT2D eigenvalue weighted by molar-refractivity contribution is -0.125. The molecule has 0 heterocycles. The molecule has 2 heteroatoms. The van der Waals surface area contributed by atoms with Crippen LogP contribution in [-0.4, -0.2) is 17.0 Å². The third-order valence-corrected chi connectivity index (χ3v) is 4.41. The molecule has 0 unspecified atom stereocenters. The third-order valence-electron chi connectivity index (χ3n) is 4.41. The smallest absolute Gasteiger partial charge is 0.187 e. The van der Waals surface area contributed by atoms with E-state index in [9.17, 15) is 9.90 Å². The number of Topliss-reactive ketones (excluding diaryl/α,β-unsaturated/α-hetero) is 1. The van der Waals surface area contributed by atoms with Gasteiger partial charge in [0.15, 0.2) is 5.78 Å². The molecule has 0 aromatic heterocycles. The molecule has 0 aromatic carbocycles. The van der Waals surface area contributed by atoms with E-state index in [1.165, 1.54) is 11.1 Å². The second-order valence-electron chi connectivity index (χ2n) is 6.06. The van der Waals surface area contributed by atoms with Gasteiger partial charge in [0, 0.05) is 0 Å². The fraction of sp³-hybridized carbons (Fsp3) is 0.667. The minimum atomic E-state index is -0.794. The van der Waals surface area contributed by atoms with Gasteiger partial charge in [0.1, 0.15) is 6.10 Å². The van der Waals surface area contributed by atoms with E-state index < -0.39 is 6.10 Å². The molecule has 0 saturated carbocycles. The van der Waals surface area contributed by atoms with E-state index in [-0.39, 0.29) is 11.2 Å². The zero-order chi connectivity index (χ0) is 12.8. The molecule has 17 heavy (non-hydrogen) atoms. The van der Waals surface area contributed by atoms with Crippen LogP contribution < -0.4 is 0 Å². The molecule has 0 spiro atoms. The lowest BCUT2D eigenvalue weighted by Gasteiger charge is -2.41. The maximum Gasteiger partial charge on any atom is 0.187 e. The molecule has 0 saturated heterocycles. The quantitative estimate of drug-likeness (QED) is 0.757. The average molecular weight is 234 g/mol. The molecule has 94 valence electrons. The summed E-state index contributed by atoms with van der Waals surface area (Å²) in [6.07, 6.45) is 4.14. The lowest BCUT2D eigenvalue weighted by atomic mass is 9.63. The van der Waals surface area contributed by atoms with Gasteiger partial charge in [-0.1, -0.05) is 32.4 Å². The zero-order valence-corrected chi connectivity index (χ0v) is 11.2. The minimum Gasteiger partial charge on any atom is -0.385 e. The van der Waals surface area contributed by atoms with E-state index in [1.54, 1.807) is 0 Å². The summed E-state index contributed by atoms with van der Waals surface area (Å²) in [6, 6.07) is 0. The molecule has 2 aliphatic rings. The van der Waals surface area contributed by atoms with E-state index in [4.69, 9.17) is 0 Å². The Labute approximate surface area is 103 Å². The standard InChI is InChI=1S/C15H22O2/c1-9(2)11-5-6-15(4)8-13(16)14(17)10(3)12(15)7-11/h7,9,13,16H,5-6,8H2,1-4H3/t13-,15-/m0/s1. The number of ketones is 1. The maximum absolute atomic E-state index is 11.9. The van der Waals surface area contributed by atoms with E-state index in [0.717, 1.165) is 18.4 Å². The SMILES string of the molecule is CC1=C2C=C(C(C)C)CC[C@@]2(C)C[C@H](O)C1=O. The van der Waals surface area contributed by atoms with Crippen LogP contribution in [0.25, 0.3) is 0 Å². The predicted molar refractivity (Wildman–Crippen MR) is 68.6 cm³/mol. The molecule has 2 atom stereocenters. The van der Waals surface area contributed by atoms with Crippen LogP contribution in [0, 0.1) is 11.3 Å². The Bertz CT molecular complexity index is 415. The van der Waals surface area contributed by atoms with Crippen LogP contribution in [0.3, 0.4) is 0 Å². The van der Waals surface area contributed by atoms with Crippen LogP contribution in [0.2, 0.25) is 0 Å². The molecule has 0 aliphatic heterocycles. The van der Waals surface area contributed by atoms with Gasteiger partial charge in [-0.25, -0.2) is 0 Å². The third kappa shape index (κ3) is 1.99. The van der Waals surface area contributed by atoms with E-state index in [1.807, 2.05) is 6.92 Å². The second kappa shape index (κ2) is 4.09. The normalized spacial score (nSPS) is 33.9. The first-order valence-corrected chi connectivity index (χ1v) is 6.49. The Morgan fingerprint density at radius 1 is 1.47 bits per heavy atom. The Hall–Kier alpha value is -0.890. The van der Waals surface area contributed by atoms with Gasteiger partial charge in [0.2, 0.25) is 0 Å². The Morgan fingerprint density at radius 3 is 2.71 bits per heavy atom. The highest BCUT2D eigenvalue weighted by molar-refractivity contribution is 6.00. The minimum absolute atomic E-state index is 0.00417. The number of hydrogen-bond donors (Lipinski definition) is 1. The highest BCUT2D eigenvalue weighted by Gasteiger charge is 2.41. The van der Waals surface area contributed by atoms with Gasteiger partial charge < -0.3 is 5.11 Å². The van der Waals surface area contributed by atoms with Gasteiger partial charge in [-0.2, -0.15) is 0 Å². The predicted octanol–water partition coefficient (Wildman–Crippen LogP) is 3.02. The lowest BCUT2D eigenvalue weighted by Crippen LogP contribution is -2.39. The fourth-order valence-corrected chi connectivity index (χ4v) is 3.12. The van der Waals surface area contributed by atoms with E-state index in [2.05, 4.69) is 26.8 Å². The summed E-state index contributed by atoms with van der Waals surface area (Å²) in [5.41, 5.74) is 3.36. The summed E-state index contributed by atoms with van der Waals surface area (Å²) in [5, 5.41) is 9.82. The molecule has 0 bridgehead atoms. The van der Waals surface area contributed by atoms with Crippen LogP contribution in [0.1, 0.15) is 47.0 Å². The highest BCUT2D eigenvalue weighted by atomic mass is 16.3. The first kappa shape index (κ1) is 12.6. The van der Waals surface area contributed by atoms with Crippen molar-refractivity contribution in [3.05, 3.63) is 22.8 Å². The van der Waals surface area contributed by atoms with Crippen molar-refractivity contribution in [2.24, 2.45) is 11.3 Å². The van der Waals surface area contributed by atoms with Gasteiger partial charge in [0.05, 0.1) is 0 Å². The number of rotatable bonds is 1. The van der Waals surface area contributed by atoms with Crippen molar-refractivity contribution in [1.29, 1.82) is 0 Å². The van der Waals surface area contributed by atoms with Crippen molar-refractivity contribution < 1.29 is 9.90 Å². The molecular formula is C15H22O2. The number of fused-ring (bicyclic) bond motifs is 1. The number of hydrogen-bond acceptors (Lipinski definition) is 2. The van der Waals surface area contributed by atoms with Crippen LogP contribution in [0.15, 0.2) is 22.8 Å². The molecular weight excluding hydrogens is 212 g/mol. The monoisotopic (exact) mass is 234 g/mol. The van der Waals surface area contributed by atoms with Gasteiger partial charge in [0.25, 0.3) is 0 Å². The van der Waals surface area contributed by atoms with Crippen molar-refractivity contribution in [2.45, 2.75) is 53.1 Å². The number of carbonyl (C=O) groups excluding carboxylic acids is 1. The van der Waals surface area contributed by atoms with Crippen molar-refractivity contribution >= 4 is 5.78 Å². The molecule has 0 fully saturated rings. The van der Waals surface area contributed by atoms with Gasteiger partial charge >= 0.3 is 0 Å². The van der Waals surface area contributed by atoms with Gasteiger partial charge in [-0.3, -0.25) is 4.79 Å². The Morgan fingerprint density at radius 2 is 2.12 bits per heavy atom. The first-order valence-electron chi connectivity index (χ1n) is 6.49. The van der Waals surface area contributed by atoms with Crippen LogP contribution in [-0.2, 0) is 4.79 Å². The topological polar surface area (TPSA) is 37.3 Å². The van der Waals surface area contributed by atoms with E-state index in [0.29, 0.717) is 12.3 Å². The number of aliphatic hydroxyl groups excluding tert-OH is 1. The summed E-state index contributed by atoms with van der Waals surface area (Å²) < 4.78 is 0. The number of aliphatic hydroxyl groups is 1. The summed E-state index contributed by atoms with van der Waals surface area (Å²) in [7, 11) is 0. The van der Waals surface area contributed by atoms with Crippen LogP contribution >= 0.6 is 0 Å². The summed E-state index contributed by atoms with van der Waals surface area (Å²) >= 11 is 0. The van der Waals surface area contributed by atoms with Gasteiger partial charge in [-0.05, 0) is 48.7 Å².